The van der Waals surface area contributed by atoms with Gasteiger partial charge in [-0.05, 0) is 66.9 Å². The molecule has 0 spiro atoms. The van der Waals surface area contributed by atoms with E-state index in [4.69, 9.17) is 9.98 Å². The summed E-state index contributed by atoms with van der Waals surface area (Å²) in [6, 6.07) is 19.7. The molecular formula is C25H22FN3OS. The van der Waals surface area contributed by atoms with Gasteiger partial charge in [-0.15, -0.1) is 11.8 Å². The van der Waals surface area contributed by atoms with Crippen LogP contribution in [0.15, 0.2) is 76.7 Å². The molecule has 0 bridgehead atoms. The van der Waals surface area contributed by atoms with E-state index >= 15 is 0 Å². The van der Waals surface area contributed by atoms with E-state index in [1.807, 2.05) is 56.3 Å². The summed E-state index contributed by atoms with van der Waals surface area (Å²) in [5.41, 5.74) is 6.24. The number of hydrogen-bond donors (Lipinski definition) is 1. The molecule has 0 saturated heterocycles. The van der Waals surface area contributed by atoms with Crippen LogP contribution in [0.5, 0.6) is 0 Å². The average Bonchev–Trinajstić information content (AvgIpc) is 2.93. The minimum absolute atomic E-state index is 0.0938. The molecule has 0 fully saturated rings. The van der Waals surface area contributed by atoms with Crippen molar-refractivity contribution >= 4 is 45.5 Å². The minimum Gasteiger partial charge on any atom is -0.325 e. The molecular weight excluding hydrogens is 409 g/mol. The molecule has 156 valence electrons. The van der Waals surface area contributed by atoms with Crippen molar-refractivity contribution in [3.8, 4) is 0 Å². The lowest BCUT2D eigenvalue weighted by atomic mass is 10.1. The lowest BCUT2D eigenvalue weighted by Crippen LogP contribution is -2.16. The minimum atomic E-state index is -0.286. The molecule has 3 aromatic carbocycles. The topological polar surface area (TPSA) is 53.8 Å². The number of nitrogens with zero attached hydrogens (tertiary/aromatic N) is 2. The van der Waals surface area contributed by atoms with E-state index in [2.05, 4.69) is 5.32 Å². The van der Waals surface area contributed by atoms with Crippen molar-refractivity contribution in [1.29, 1.82) is 0 Å². The summed E-state index contributed by atoms with van der Waals surface area (Å²) in [7, 11) is 0. The summed E-state index contributed by atoms with van der Waals surface area (Å²) in [6.07, 6.45) is 0.474. The van der Waals surface area contributed by atoms with Crippen LogP contribution in [-0.2, 0) is 4.79 Å². The number of nitrogens with one attached hydrogen (secondary N) is 1. The summed E-state index contributed by atoms with van der Waals surface area (Å²) in [5, 5.41) is 3.69. The van der Waals surface area contributed by atoms with Crippen molar-refractivity contribution in [2.75, 3.05) is 11.1 Å². The molecule has 1 amide bonds. The maximum absolute atomic E-state index is 13.4. The van der Waals surface area contributed by atoms with Gasteiger partial charge in [0.15, 0.2) is 0 Å². The number of carbonyl (C=O) groups excluding carboxylic acids is 1. The van der Waals surface area contributed by atoms with E-state index in [1.54, 1.807) is 12.1 Å². The largest absolute Gasteiger partial charge is 0.325 e. The number of thioether (sulfide) groups is 1. The third-order valence-corrected chi connectivity index (χ3v) is 5.99. The van der Waals surface area contributed by atoms with E-state index in [9.17, 15) is 9.18 Å². The zero-order valence-electron chi connectivity index (χ0n) is 17.4. The summed E-state index contributed by atoms with van der Waals surface area (Å²) >= 11 is 1.40. The summed E-state index contributed by atoms with van der Waals surface area (Å²) in [6.45, 7) is 4.08. The first-order valence-electron chi connectivity index (χ1n) is 9.98. The predicted molar refractivity (Wildman–Crippen MR) is 128 cm³/mol. The van der Waals surface area contributed by atoms with E-state index in [0.29, 0.717) is 6.42 Å². The average molecular weight is 432 g/mol. The van der Waals surface area contributed by atoms with Crippen LogP contribution >= 0.6 is 11.8 Å². The van der Waals surface area contributed by atoms with Gasteiger partial charge in [-0.1, -0.05) is 30.3 Å². The highest BCUT2D eigenvalue weighted by Gasteiger charge is 2.17. The number of carbonyl (C=O) groups is 1. The SMILES string of the molecule is Cc1cc2c(cc1C)N=C(c1ccc(F)cc1)CC(SCC(=O)Nc1ccccc1)=N2. The Labute approximate surface area is 185 Å². The second kappa shape index (κ2) is 9.27. The van der Waals surface area contributed by atoms with Gasteiger partial charge in [0.1, 0.15) is 5.82 Å². The fraction of sp³-hybridized carbons (Fsp3) is 0.160. The maximum Gasteiger partial charge on any atom is 0.234 e. The normalized spacial score (nSPS) is 13.0. The number of amides is 1. The Balaban J connectivity index is 1.60. The molecule has 6 heteroatoms. The van der Waals surface area contributed by atoms with Crippen LogP contribution in [0.1, 0.15) is 23.1 Å². The second-order valence-corrected chi connectivity index (χ2v) is 8.42. The van der Waals surface area contributed by atoms with Crippen molar-refractivity contribution in [3.05, 3.63) is 89.2 Å². The van der Waals surface area contributed by atoms with Gasteiger partial charge in [0.2, 0.25) is 5.91 Å². The summed E-state index contributed by atoms with van der Waals surface area (Å²) in [5.74, 6) is -0.139. The number of halogens is 1. The number of rotatable bonds is 4. The molecule has 0 radical (unpaired) electrons. The Morgan fingerprint density at radius 3 is 2.29 bits per heavy atom. The second-order valence-electron chi connectivity index (χ2n) is 7.38. The summed E-state index contributed by atoms with van der Waals surface area (Å²) < 4.78 is 13.4. The van der Waals surface area contributed by atoms with Gasteiger partial charge in [-0.25, -0.2) is 9.38 Å². The lowest BCUT2D eigenvalue weighted by molar-refractivity contribution is -0.113. The Kier molecular flexibility index (Phi) is 6.28. The van der Waals surface area contributed by atoms with Gasteiger partial charge in [-0.2, -0.15) is 0 Å². The van der Waals surface area contributed by atoms with E-state index in [1.165, 1.54) is 23.9 Å². The Hall–Kier alpha value is -3.25. The molecule has 0 saturated carbocycles. The zero-order chi connectivity index (χ0) is 21.8. The molecule has 0 aliphatic carbocycles. The number of aryl methyl sites for hydroxylation is 2. The van der Waals surface area contributed by atoms with Crippen molar-refractivity contribution in [2.24, 2.45) is 9.98 Å². The number of para-hydroxylation sites is 1. The number of hydrogen-bond acceptors (Lipinski definition) is 4. The molecule has 31 heavy (non-hydrogen) atoms. The first-order chi connectivity index (χ1) is 15.0. The van der Waals surface area contributed by atoms with Crippen LogP contribution in [0.4, 0.5) is 21.5 Å². The van der Waals surface area contributed by atoms with E-state index in [-0.39, 0.29) is 17.5 Å². The van der Waals surface area contributed by atoms with E-state index in [0.717, 1.165) is 44.5 Å². The molecule has 1 aliphatic rings. The third-order valence-electron chi connectivity index (χ3n) is 5.01. The number of benzene rings is 3. The third kappa shape index (κ3) is 5.27. The smallest absolute Gasteiger partial charge is 0.234 e. The van der Waals surface area contributed by atoms with Gasteiger partial charge in [0, 0.05) is 12.1 Å². The Morgan fingerprint density at radius 2 is 1.61 bits per heavy atom. The van der Waals surface area contributed by atoms with Crippen LogP contribution in [0.3, 0.4) is 0 Å². The highest BCUT2D eigenvalue weighted by atomic mass is 32.2. The number of anilines is 1. The Morgan fingerprint density at radius 1 is 0.968 bits per heavy atom. The maximum atomic E-state index is 13.4. The van der Waals surface area contributed by atoms with Gasteiger partial charge >= 0.3 is 0 Å². The highest BCUT2D eigenvalue weighted by Crippen LogP contribution is 2.36. The molecule has 0 atom stereocenters. The number of fused-ring (bicyclic) bond motifs is 1. The lowest BCUT2D eigenvalue weighted by Gasteiger charge is -2.08. The fourth-order valence-electron chi connectivity index (χ4n) is 3.23. The zero-order valence-corrected chi connectivity index (χ0v) is 18.2. The van der Waals surface area contributed by atoms with E-state index < -0.39 is 0 Å². The molecule has 1 heterocycles. The van der Waals surface area contributed by atoms with Crippen LogP contribution in [0.25, 0.3) is 0 Å². The van der Waals surface area contributed by atoms with Crippen molar-refractivity contribution in [1.82, 2.24) is 0 Å². The molecule has 0 aromatic heterocycles. The standard InChI is InChI=1S/C25H22FN3OS/c1-16-12-22-23(13-17(16)2)29-25(14-21(28-22)18-8-10-19(26)11-9-18)31-15-24(30)27-20-6-4-3-5-7-20/h3-13H,14-15H2,1-2H3,(H,27,30). The molecule has 1 N–H and O–H groups in total. The monoisotopic (exact) mass is 431 g/mol. The molecule has 4 nitrogen and oxygen atoms in total. The van der Waals surface area contributed by atoms with Gasteiger partial charge in [0.25, 0.3) is 0 Å². The van der Waals surface area contributed by atoms with Gasteiger partial charge in [0.05, 0.1) is 27.9 Å². The predicted octanol–water partition coefficient (Wildman–Crippen LogP) is 6.37. The van der Waals surface area contributed by atoms with Crippen LogP contribution in [-0.4, -0.2) is 22.4 Å². The molecule has 1 aliphatic heterocycles. The molecule has 3 aromatic rings. The number of aliphatic imine (C=N–C) groups is 2. The molecule has 0 unspecified atom stereocenters. The van der Waals surface area contributed by atoms with Crippen molar-refractivity contribution in [2.45, 2.75) is 20.3 Å². The van der Waals surface area contributed by atoms with Crippen molar-refractivity contribution < 1.29 is 9.18 Å². The first-order valence-corrected chi connectivity index (χ1v) is 11.0. The van der Waals surface area contributed by atoms with Crippen LogP contribution in [0, 0.1) is 19.7 Å². The van der Waals surface area contributed by atoms with Crippen LogP contribution < -0.4 is 5.32 Å². The molecule has 4 rings (SSSR count). The quantitative estimate of drug-likeness (QED) is 0.522. The van der Waals surface area contributed by atoms with Gasteiger partial charge in [-0.3, -0.25) is 9.79 Å². The van der Waals surface area contributed by atoms with Crippen molar-refractivity contribution in [3.63, 3.8) is 0 Å². The van der Waals surface area contributed by atoms with Crippen LogP contribution in [0.2, 0.25) is 0 Å². The highest BCUT2D eigenvalue weighted by molar-refractivity contribution is 8.14. The first kappa shape index (κ1) is 21.0. The fourth-order valence-corrected chi connectivity index (χ4v) is 4.00. The Bertz CT molecular complexity index is 1170. The summed E-state index contributed by atoms with van der Waals surface area (Å²) in [4.78, 5) is 22.1. The van der Waals surface area contributed by atoms with Gasteiger partial charge < -0.3 is 5.32 Å².